The van der Waals surface area contributed by atoms with Gasteiger partial charge in [-0.05, 0) is 52.8 Å². The predicted octanol–water partition coefficient (Wildman–Crippen LogP) is 2.84. The van der Waals surface area contributed by atoms with Crippen LogP contribution in [0.15, 0.2) is 48.5 Å². The molecule has 3 rings (SSSR count). The van der Waals surface area contributed by atoms with E-state index in [2.05, 4.69) is 64.4 Å². The summed E-state index contributed by atoms with van der Waals surface area (Å²) in [4.78, 5) is 0. The Hall–Kier alpha value is -1.11. The van der Waals surface area contributed by atoms with Crippen LogP contribution in [-0.2, 0) is 6.42 Å². The van der Waals surface area contributed by atoms with Crippen LogP contribution in [0.5, 0.6) is 5.75 Å². The minimum Gasteiger partial charge on any atom is -0.493 e. The third-order valence-electron chi connectivity index (χ3n) is 3.81. The number of hydrogen-bond donors (Lipinski definition) is 2. The van der Waals surface area contributed by atoms with E-state index in [4.69, 9.17) is 10.6 Å². The molecule has 0 bridgehead atoms. The van der Waals surface area contributed by atoms with E-state index in [0.29, 0.717) is 12.5 Å². The summed E-state index contributed by atoms with van der Waals surface area (Å²) in [5.41, 5.74) is 5.51. The average molecular weight is 380 g/mol. The smallest absolute Gasteiger partial charge is 0.122 e. The lowest BCUT2D eigenvalue weighted by Crippen LogP contribution is -2.42. The quantitative estimate of drug-likeness (QED) is 0.487. The Morgan fingerprint density at radius 3 is 2.70 bits per heavy atom. The number of halogens is 1. The summed E-state index contributed by atoms with van der Waals surface area (Å²) >= 11 is 2.32. The standard InChI is InChI=1S/C16H17IN2O/c17-12-7-5-11(6-8-12)9-15(19-18)14-10-20-16-4-2-1-3-13(14)16/h1-8,14-15,19H,9-10,18H2. The van der Waals surface area contributed by atoms with Crippen molar-refractivity contribution >= 4 is 22.6 Å². The van der Waals surface area contributed by atoms with Crippen LogP contribution in [0, 0.1) is 3.57 Å². The summed E-state index contributed by atoms with van der Waals surface area (Å²) in [6, 6.07) is 17.0. The molecule has 4 heteroatoms. The molecule has 0 amide bonds. The molecule has 0 radical (unpaired) electrons. The van der Waals surface area contributed by atoms with E-state index in [9.17, 15) is 0 Å². The first-order valence-electron chi connectivity index (χ1n) is 6.70. The third-order valence-corrected chi connectivity index (χ3v) is 4.52. The van der Waals surface area contributed by atoms with Gasteiger partial charge in [-0.2, -0.15) is 0 Å². The monoisotopic (exact) mass is 380 g/mol. The highest BCUT2D eigenvalue weighted by atomic mass is 127. The number of rotatable bonds is 4. The van der Waals surface area contributed by atoms with Crippen molar-refractivity contribution in [3.8, 4) is 5.75 Å². The van der Waals surface area contributed by atoms with E-state index in [1.807, 2.05) is 12.1 Å². The molecule has 20 heavy (non-hydrogen) atoms. The molecular weight excluding hydrogens is 363 g/mol. The molecule has 0 aromatic heterocycles. The normalized spacial score (nSPS) is 18.4. The van der Waals surface area contributed by atoms with Gasteiger partial charge in [-0.15, -0.1) is 0 Å². The van der Waals surface area contributed by atoms with E-state index in [0.717, 1.165) is 12.2 Å². The van der Waals surface area contributed by atoms with Crippen LogP contribution in [0.1, 0.15) is 17.0 Å². The van der Waals surface area contributed by atoms with Crippen LogP contribution in [0.3, 0.4) is 0 Å². The van der Waals surface area contributed by atoms with Gasteiger partial charge >= 0.3 is 0 Å². The van der Waals surface area contributed by atoms with Gasteiger partial charge in [0, 0.05) is 21.1 Å². The number of hydrazine groups is 1. The Balaban J connectivity index is 1.79. The number of nitrogens with two attached hydrogens (primary N) is 1. The van der Waals surface area contributed by atoms with Crippen molar-refractivity contribution in [2.75, 3.05) is 6.61 Å². The Morgan fingerprint density at radius 2 is 1.95 bits per heavy atom. The number of fused-ring (bicyclic) bond motifs is 1. The summed E-state index contributed by atoms with van der Waals surface area (Å²) in [5.74, 6) is 7.07. The molecule has 104 valence electrons. The SMILES string of the molecule is NNC(Cc1ccc(I)cc1)C1COc2ccccc21. The third kappa shape index (κ3) is 2.82. The number of hydrogen-bond acceptors (Lipinski definition) is 3. The predicted molar refractivity (Wildman–Crippen MR) is 88.7 cm³/mol. The summed E-state index contributed by atoms with van der Waals surface area (Å²) in [6.45, 7) is 0.693. The molecule has 0 saturated carbocycles. The molecule has 1 heterocycles. The summed E-state index contributed by atoms with van der Waals surface area (Å²) in [5, 5.41) is 0. The summed E-state index contributed by atoms with van der Waals surface area (Å²) in [6.07, 6.45) is 0.899. The highest BCUT2D eigenvalue weighted by Crippen LogP contribution is 2.36. The highest BCUT2D eigenvalue weighted by Gasteiger charge is 2.30. The molecule has 3 N–H and O–H groups in total. The second-order valence-corrected chi connectivity index (χ2v) is 6.30. The van der Waals surface area contributed by atoms with E-state index in [-0.39, 0.29) is 6.04 Å². The van der Waals surface area contributed by atoms with Gasteiger partial charge in [-0.25, -0.2) is 0 Å². The van der Waals surface area contributed by atoms with E-state index in [1.54, 1.807) is 0 Å². The topological polar surface area (TPSA) is 47.3 Å². The Morgan fingerprint density at radius 1 is 1.20 bits per heavy atom. The van der Waals surface area contributed by atoms with Crippen LogP contribution in [-0.4, -0.2) is 12.6 Å². The first kappa shape index (κ1) is 13.9. The fourth-order valence-corrected chi connectivity index (χ4v) is 3.07. The second kappa shape index (κ2) is 6.11. The zero-order chi connectivity index (χ0) is 13.9. The van der Waals surface area contributed by atoms with E-state index < -0.39 is 0 Å². The number of benzene rings is 2. The van der Waals surface area contributed by atoms with Crippen molar-refractivity contribution < 1.29 is 4.74 Å². The van der Waals surface area contributed by atoms with E-state index in [1.165, 1.54) is 14.7 Å². The molecule has 0 saturated heterocycles. The molecule has 2 aromatic carbocycles. The Bertz CT molecular complexity index is 585. The first-order chi connectivity index (χ1) is 9.78. The fraction of sp³-hybridized carbons (Fsp3) is 0.250. The van der Waals surface area contributed by atoms with Crippen molar-refractivity contribution in [3.05, 3.63) is 63.2 Å². The van der Waals surface area contributed by atoms with Gasteiger partial charge in [-0.1, -0.05) is 30.3 Å². The molecule has 2 unspecified atom stereocenters. The van der Waals surface area contributed by atoms with Crippen molar-refractivity contribution in [2.24, 2.45) is 5.84 Å². The fourth-order valence-electron chi connectivity index (χ4n) is 2.71. The molecule has 1 aliphatic rings. The van der Waals surface area contributed by atoms with Crippen molar-refractivity contribution in [1.29, 1.82) is 0 Å². The highest BCUT2D eigenvalue weighted by molar-refractivity contribution is 14.1. The van der Waals surface area contributed by atoms with Gasteiger partial charge in [0.15, 0.2) is 0 Å². The van der Waals surface area contributed by atoms with E-state index >= 15 is 0 Å². The zero-order valence-corrected chi connectivity index (χ0v) is 13.2. The molecule has 0 fully saturated rings. The lowest BCUT2D eigenvalue weighted by molar-refractivity contribution is 0.297. The van der Waals surface area contributed by atoms with Crippen LogP contribution < -0.4 is 16.0 Å². The molecular formula is C16H17IN2O. The summed E-state index contributed by atoms with van der Waals surface area (Å²) in [7, 11) is 0. The first-order valence-corrected chi connectivity index (χ1v) is 7.78. The van der Waals surface area contributed by atoms with Gasteiger partial charge in [0.25, 0.3) is 0 Å². The maximum absolute atomic E-state index is 5.78. The van der Waals surface area contributed by atoms with Crippen molar-refractivity contribution in [3.63, 3.8) is 0 Å². The number of nitrogens with one attached hydrogen (secondary N) is 1. The zero-order valence-electron chi connectivity index (χ0n) is 11.1. The van der Waals surface area contributed by atoms with Crippen LogP contribution in [0.25, 0.3) is 0 Å². The Kier molecular flexibility index (Phi) is 4.24. The Labute approximate surface area is 132 Å². The molecule has 0 aliphatic carbocycles. The minimum absolute atomic E-state index is 0.179. The van der Waals surface area contributed by atoms with Crippen LogP contribution in [0.4, 0.5) is 0 Å². The molecule has 0 spiro atoms. The van der Waals surface area contributed by atoms with Gasteiger partial charge in [0.2, 0.25) is 0 Å². The average Bonchev–Trinajstić information content (AvgIpc) is 2.91. The van der Waals surface area contributed by atoms with Gasteiger partial charge < -0.3 is 4.74 Å². The minimum atomic E-state index is 0.179. The number of ether oxygens (including phenoxy) is 1. The maximum Gasteiger partial charge on any atom is 0.122 e. The molecule has 3 nitrogen and oxygen atoms in total. The molecule has 1 aliphatic heterocycles. The molecule has 2 aromatic rings. The number of para-hydroxylation sites is 1. The van der Waals surface area contributed by atoms with Crippen molar-refractivity contribution in [2.45, 2.75) is 18.4 Å². The second-order valence-electron chi connectivity index (χ2n) is 5.06. The lowest BCUT2D eigenvalue weighted by Gasteiger charge is -2.22. The lowest BCUT2D eigenvalue weighted by atomic mass is 9.89. The van der Waals surface area contributed by atoms with Gasteiger partial charge in [0.1, 0.15) is 5.75 Å². The largest absolute Gasteiger partial charge is 0.493 e. The van der Waals surface area contributed by atoms with Gasteiger partial charge in [0.05, 0.1) is 6.61 Å². The van der Waals surface area contributed by atoms with Gasteiger partial charge in [-0.3, -0.25) is 11.3 Å². The summed E-state index contributed by atoms with van der Waals surface area (Å²) < 4.78 is 7.00. The van der Waals surface area contributed by atoms with Crippen LogP contribution >= 0.6 is 22.6 Å². The molecule has 2 atom stereocenters. The van der Waals surface area contributed by atoms with Crippen LogP contribution in [0.2, 0.25) is 0 Å². The van der Waals surface area contributed by atoms with Crippen molar-refractivity contribution in [1.82, 2.24) is 5.43 Å². The maximum atomic E-state index is 5.78.